The van der Waals surface area contributed by atoms with Crippen LogP contribution in [0.4, 0.5) is 9.59 Å². The Morgan fingerprint density at radius 1 is 1.36 bits per heavy atom. The monoisotopic (exact) mass is 490 g/mol. The molecular formula is C17H26N6O9S. The van der Waals surface area contributed by atoms with Crippen molar-refractivity contribution in [2.24, 2.45) is 0 Å². The summed E-state index contributed by atoms with van der Waals surface area (Å²) in [5.41, 5.74) is -0.685. The number of nitrogens with zero attached hydrogens (tertiary/aromatic N) is 4. The third kappa shape index (κ3) is 6.31. The second kappa shape index (κ2) is 9.12. The van der Waals surface area contributed by atoms with Crippen LogP contribution in [0.3, 0.4) is 0 Å². The zero-order valence-electron chi connectivity index (χ0n) is 18.2. The van der Waals surface area contributed by atoms with Crippen molar-refractivity contribution in [3.05, 3.63) is 24.2 Å². The minimum absolute atomic E-state index is 0.0512. The van der Waals surface area contributed by atoms with Crippen LogP contribution in [-0.2, 0) is 19.4 Å². The maximum absolute atomic E-state index is 12.5. The molecule has 0 aromatic carbocycles. The molecule has 0 saturated carbocycles. The van der Waals surface area contributed by atoms with Gasteiger partial charge in [-0.25, -0.2) is 9.59 Å². The van der Waals surface area contributed by atoms with Gasteiger partial charge >= 0.3 is 22.5 Å². The Bertz CT molecular complexity index is 1020. The number of amides is 3. The lowest BCUT2D eigenvalue weighted by atomic mass is 10.0. The van der Waals surface area contributed by atoms with Crippen LogP contribution in [-0.4, -0.2) is 75.1 Å². The highest BCUT2D eigenvalue weighted by Gasteiger charge is 2.49. The van der Waals surface area contributed by atoms with Gasteiger partial charge in [-0.1, -0.05) is 6.58 Å². The van der Waals surface area contributed by atoms with Gasteiger partial charge in [0.05, 0.1) is 12.6 Å². The highest BCUT2D eigenvalue weighted by Crippen LogP contribution is 2.38. The number of ether oxygens (including phenoxy) is 1. The molecule has 0 unspecified atom stereocenters. The molecule has 2 fully saturated rings. The molecular weight excluding hydrogens is 464 g/mol. The van der Waals surface area contributed by atoms with Crippen LogP contribution < -0.4 is 10.6 Å². The second-order valence-electron chi connectivity index (χ2n) is 8.49. The van der Waals surface area contributed by atoms with Crippen molar-refractivity contribution in [3.63, 3.8) is 0 Å². The van der Waals surface area contributed by atoms with Crippen LogP contribution in [0.1, 0.15) is 57.5 Å². The summed E-state index contributed by atoms with van der Waals surface area (Å²) in [6.07, 6.45) is -1.24. The van der Waals surface area contributed by atoms with Crippen molar-refractivity contribution in [2.45, 2.75) is 57.4 Å². The van der Waals surface area contributed by atoms with E-state index in [2.05, 4.69) is 31.7 Å². The number of aliphatic hydroxyl groups excluding tert-OH is 1. The second-order valence-corrected chi connectivity index (χ2v) is 9.50. The number of alkyl carbamates (subject to hydrolysis) is 1. The molecule has 0 radical (unpaired) electrons. The summed E-state index contributed by atoms with van der Waals surface area (Å²) in [6, 6.07) is -1.99. The summed E-state index contributed by atoms with van der Waals surface area (Å²) in [4.78, 5) is 25.5. The van der Waals surface area contributed by atoms with Crippen molar-refractivity contribution in [3.8, 4) is 0 Å². The summed E-state index contributed by atoms with van der Waals surface area (Å²) >= 11 is 0. The molecule has 0 spiro atoms. The summed E-state index contributed by atoms with van der Waals surface area (Å²) in [7, 11) is -4.85. The number of hydroxylamine groups is 2. The molecule has 0 aliphatic carbocycles. The molecule has 2 aliphatic rings. The third-order valence-electron chi connectivity index (χ3n) is 4.68. The average Bonchev–Trinajstić information content (AvgIpc) is 3.24. The molecule has 2 bridgehead atoms. The Balaban J connectivity index is 1.56. The van der Waals surface area contributed by atoms with Crippen LogP contribution in [0.2, 0.25) is 0 Å². The van der Waals surface area contributed by atoms with Crippen molar-refractivity contribution < 1.29 is 41.1 Å². The Morgan fingerprint density at radius 2 is 2.06 bits per heavy atom. The molecule has 3 amide bonds. The maximum Gasteiger partial charge on any atom is 0.418 e. The Hall–Kier alpha value is -2.95. The van der Waals surface area contributed by atoms with Crippen LogP contribution in [0.25, 0.3) is 0 Å². The van der Waals surface area contributed by atoms with Crippen LogP contribution >= 0.6 is 0 Å². The molecule has 4 N–H and O–H groups in total. The van der Waals surface area contributed by atoms with Crippen molar-refractivity contribution in [2.75, 3.05) is 13.1 Å². The molecule has 1 aromatic heterocycles. The number of carbonyl (C=O) groups is 2. The minimum Gasteiger partial charge on any atom is -0.444 e. The standard InChI is InChI=1S/C17H26N6O9S/c1-9(19-15(25)31-17(2,3)4)18-7-12(24)14-21-20-13(30-14)11-6-5-10-8-22(11)16(26)23(10)32-33(27,28)29/h10-12,18,24H,1,5-8H2,2-4H3,(H,19,25)(H,27,28,29)/t10-,11+,12-/m1/s1. The first kappa shape index (κ1) is 24.7. The fraction of sp³-hybridized carbons (Fsp3) is 0.647. The average molecular weight is 490 g/mol. The van der Waals surface area contributed by atoms with Crippen LogP contribution in [0.15, 0.2) is 16.8 Å². The topological polar surface area (TPSA) is 197 Å². The number of piperidine rings is 1. The zero-order valence-corrected chi connectivity index (χ0v) is 19.0. The number of carbonyl (C=O) groups excluding carboxylic acids is 2. The first-order valence-corrected chi connectivity index (χ1v) is 11.3. The predicted octanol–water partition coefficient (Wildman–Crippen LogP) is 0.364. The van der Waals surface area contributed by atoms with Gasteiger partial charge in [-0.05, 0) is 33.6 Å². The first-order valence-electron chi connectivity index (χ1n) is 9.94. The SMILES string of the molecule is C=C(NC[C@@H](O)c1nnc([C@@H]2CC[C@@H]3CN2C(=O)N3OS(=O)(=O)O)o1)NC(=O)OC(C)(C)C. The summed E-state index contributed by atoms with van der Waals surface area (Å²) in [5, 5.41) is 23.7. The lowest BCUT2D eigenvalue weighted by Gasteiger charge is -2.27. The van der Waals surface area contributed by atoms with Gasteiger partial charge in [-0.3, -0.25) is 9.87 Å². The lowest BCUT2D eigenvalue weighted by molar-refractivity contribution is -0.0317. The number of hydrogen-bond acceptors (Lipinski definition) is 11. The molecule has 1 aromatic rings. The van der Waals surface area contributed by atoms with Gasteiger partial charge in [0.1, 0.15) is 23.6 Å². The number of hydrogen-bond donors (Lipinski definition) is 4. The lowest BCUT2D eigenvalue weighted by Crippen LogP contribution is -2.37. The quantitative estimate of drug-likeness (QED) is 0.366. The van der Waals surface area contributed by atoms with E-state index in [1.807, 2.05) is 0 Å². The Kier molecular flexibility index (Phi) is 6.83. The van der Waals surface area contributed by atoms with Gasteiger partial charge in [0, 0.05) is 6.54 Å². The molecule has 16 heteroatoms. The Labute approximate surface area is 189 Å². The highest BCUT2D eigenvalue weighted by molar-refractivity contribution is 7.80. The van der Waals surface area contributed by atoms with E-state index < -0.39 is 46.3 Å². The number of fused-ring (bicyclic) bond motifs is 2. The van der Waals surface area contributed by atoms with Gasteiger partial charge in [0.15, 0.2) is 0 Å². The maximum atomic E-state index is 12.5. The largest absolute Gasteiger partial charge is 0.444 e. The number of aliphatic hydroxyl groups is 1. The van der Waals surface area contributed by atoms with E-state index in [0.29, 0.717) is 17.9 Å². The van der Waals surface area contributed by atoms with Gasteiger partial charge in [-0.15, -0.1) is 14.5 Å². The van der Waals surface area contributed by atoms with Gasteiger partial charge in [0.2, 0.25) is 11.8 Å². The molecule has 33 heavy (non-hydrogen) atoms. The third-order valence-corrected chi connectivity index (χ3v) is 5.03. The van der Waals surface area contributed by atoms with E-state index in [1.165, 1.54) is 4.90 Å². The first-order chi connectivity index (χ1) is 15.2. The van der Waals surface area contributed by atoms with E-state index >= 15 is 0 Å². The van der Waals surface area contributed by atoms with E-state index in [4.69, 9.17) is 13.7 Å². The number of nitrogens with one attached hydrogen (secondary N) is 2. The van der Waals surface area contributed by atoms with Crippen LogP contribution in [0.5, 0.6) is 0 Å². The minimum atomic E-state index is -4.85. The molecule has 2 saturated heterocycles. The van der Waals surface area contributed by atoms with Gasteiger partial charge < -0.3 is 24.5 Å². The number of aromatic nitrogens is 2. The number of urea groups is 1. The van der Waals surface area contributed by atoms with Crippen molar-refractivity contribution >= 4 is 22.5 Å². The van der Waals surface area contributed by atoms with E-state index in [-0.39, 0.29) is 30.7 Å². The van der Waals surface area contributed by atoms with E-state index in [9.17, 15) is 23.1 Å². The number of rotatable bonds is 8. The molecule has 3 atom stereocenters. The highest BCUT2D eigenvalue weighted by atomic mass is 32.3. The predicted molar refractivity (Wildman–Crippen MR) is 108 cm³/mol. The molecule has 3 heterocycles. The molecule has 2 aliphatic heterocycles. The summed E-state index contributed by atoms with van der Waals surface area (Å²) < 4.78 is 45.8. The summed E-state index contributed by atoms with van der Waals surface area (Å²) in [6.45, 7) is 8.75. The normalized spacial score (nSPS) is 21.7. The van der Waals surface area contributed by atoms with Gasteiger partial charge in [0.25, 0.3) is 0 Å². The van der Waals surface area contributed by atoms with E-state index in [1.54, 1.807) is 20.8 Å². The zero-order chi connectivity index (χ0) is 24.6. The van der Waals surface area contributed by atoms with Gasteiger partial charge in [-0.2, -0.15) is 13.5 Å². The van der Waals surface area contributed by atoms with E-state index in [0.717, 1.165) is 0 Å². The molecule has 3 rings (SSSR count). The molecule has 184 valence electrons. The fourth-order valence-electron chi connectivity index (χ4n) is 3.38. The van der Waals surface area contributed by atoms with Crippen LogP contribution in [0, 0.1) is 0 Å². The van der Waals surface area contributed by atoms with Crippen molar-refractivity contribution in [1.82, 2.24) is 30.8 Å². The summed E-state index contributed by atoms with van der Waals surface area (Å²) in [5.74, 6) is 0.000549. The smallest absolute Gasteiger partial charge is 0.418 e. The Morgan fingerprint density at radius 3 is 2.70 bits per heavy atom. The fourth-order valence-corrected chi connectivity index (χ4v) is 3.77. The van der Waals surface area contributed by atoms with Crippen molar-refractivity contribution in [1.29, 1.82) is 0 Å². The molecule has 15 nitrogen and oxygen atoms in total.